The van der Waals surface area contributed by atoms with E-state index in [0.717, 1.165) is 18.2 Å². The predicted octanol–water partition coefficient (Wildman–Crippen LogP) is 3.27. The first-order valence-corrected chi connectivity index (χ1v) is 6.36. The molecule has 1 aromatic carbocycles. The Labute approximate surface area is 108 Å². The van der Waals surface area contributed by atoms with Gasteiger partial charge in [0.05, 0.1) is 6.04 Å². The van der Waals surface area contributed by atoms with E-state index in [1.807, 2.05) is 0 Å². The van der Waals surface area contributed by atoms with E-state index in [1.165, 1.54) is 4.90 Å². The van der Waals surface area contributed by atoms with Gasteiger partial charge in [-0.2, -0.15) is 0 Å². The van der Waals surface area contributed by atoms with Crippen LogP contribution in [0.1, 0.15) is 24.9 Å². The molecule has 17 heavy (non-hydrogen) atoms. The van der Waals surface area contributed by atoms with Gasteiger partial charge >= 0.3 is 0 Å². The topological polar surface area (TPSA) is 20.3 Å². The zero-order chi connectivity index (χ0) is 13.0. The highest BCUT2D eigenvalue weighted by molar-refractivity contribution is 9.09. The summed E-state index contributed by atoms with van der Waals surface area (Å²) in [5.74, 6) is -1.12. The van der Waals surface area contributed by atoms with Crippen molar-refractivity contribution in [1.29, 1.82) is 0 Å². The van der Waals surface area contributed by atoms with Crippen molar-refractivity contribution in [2.75, 3.05) is 12.4 Å². The van der Waals surface area contributed by atoms with E-state index in [1.54, 1.807) is 14.0 Å². The highest BCUT2D eigenvalue weighted by Crippen LogP contribution is 2.23. The fourth-order valence-corrected chi connectivity index (χ4v) is 1.86. The van der Waals surface area contributed by atoms with Crippen LogP contribution in [0, 0.1) is 11.6 Å². The molecule has 0 aromatic heterocycles. The molecule has 1 rings (SSSR count). The average molecular weight is 306 g/mol. The Hall–Kier alpha value is -0.970. The molecule has 0 radical (unpaired) electrons. The van der Waals surface area contributed by atoms with Crippen LogP contribution in [-0.4, -0.2) is 23.2 Å². The molecule has 0 aliphatic rings. The van der Waals surface area contributed by atoms with Crippen molar-refractivity contribution in [2.24, 2.45) is 0 Å². The zero-order valence-corrected chi connectivity index (χ0v) is 11.3. The van der Waals surface area contributed by atoms with Gasteiger partial charge in [-0.25, -0.2) is 8.78 Å². The first kappa shape index (κ1) is 14.1. The first-order valence-electron chi connectivity index (χ1n) is 5.24. The van der Waals surface area contributed by atoms with Gasteiger partial charge in [0, 0.05) is 24.4 Å². The van der Waals surface area contributed by atoms with Crippen LogP contribution in [0.5, 0.6) is 0 Å². The van der Waals surface area contributed by atoms with Crippen LogP contribution in [-0.2, 0) is 4.79 Å². The maximum Gasteiger partial charge on any atom is 0.223 e. The molecule has 1 amide bonds. The molecule has 1 atom stereocenters. The number of amides is 1. The van der Waals surface area contributed by atoms with Gasteiger partial charge in [0.2, 0.25) is 5.91 Å². The Morgan fingerprint density at radius 1 is 1.47 bits per heavy atom. The van der Waals surface area contributed by atoms with Crippen molar-refractivity contribution in [3.63, 3.8) is 0 Å². The van der Waals surface area contributed by atoms with Gasteiger partial charge in [0.1, 0.15) is 11.6 Å². The SMILES string of the molecule is CC(c1cc(F)ccc1F)N(C)C(=O)CCBr. The van der Waals surface area contributed by atoms with Gasteiger partial charge in [-0.3, -0.25) is 4.79 Å². The van der Waals surface area contributed by atoms with Crippen LogP contribution < -0.4 is 0 Å². The maximum absolute atomic E-state index is 13.5. The standard InChI is InChI=1S/C12H14BrF2NO/c1-8(16(2)12(17)5-6-13)10-7-9(14)3-4-11(10)15/h3-4,7-8H,5-6H2,1-2H3. The first-order chi connectivity index (χ1) is 7.97. The molecule has 0 aliphatic heterocycles. The number of carbonyl (C=O) groups is 1. The van der Waals surface area contributed by atoms with Gasteiger partial charge in [0.15, 0.2) is 0 Å². The Bertz CT molecular complexity index is 411. The number of halogens is 3. The summed E-state index contributed by atoms with van der Waals surface area (Å²) in [5, 5.41) is 0.550. The summed E-state index contributed by atoms with van der Waals surface area (Å²) < 4.78 is 26.6. The van der Waals surface area contributed by atoms with E-state index >= 15 is 0 Å². The average Bonchev–Trinajstić information content (AvgIpc) is 2.30. The largest absolute Gasteiger partial charge is 0.339 e. The van der Waals surface area contributed by atoms with E-state index in [4.69, 9.17) is 0 Å². The second-order valence-corrected chi connectivity index (χ2v) is 4.58. The Balaban J connectivity index is 2.91. The number of carbonyl (C=O) groups excluding carboxylic acids is 1. The molecule has 2 nitrogen and oxygen atoms in total. The summed E-state index contributed by atoms with van der Waals surface area (Å²) in [6.45, 7) is 1.67. The third-order valence-electron chi connectivity index (χ3n) is 2.69. The highest BCUT2D eigenvalue weighted by atomic mass is 79.9. The van der Waals surface area contributed by atoms with E-state index in [-0.39, 0.29) is 11.5 Å². The van der Waals surface area contributed by atoms with E-state index < -0.39 is 17.7 Å². The van der Waals surface area contributed by atoms with Crippen molar-refractivity contribution in [3.05, 3.63) is 35.4 Å². The highest BCUT2D eigenvalue weighted by Gasteiger charge is 2.20. The fourth-order valence-electron chi connectivity index (χ4n) is 1.52. The van der Waals surface area contributed by atoms with E-state index in [0.29, 0.717) is 11.8 Å². The predicted molar refractivity (Wildman–Crippen MR) is 66.0 cm³/mol. The minimum Gasteiger partial charge on any atom is -0.339 e. The molecule has 0 aliphatic carbocycles. The van der Waals surface area contributed by atoms with Gasteiger partial charge < -0.3 is 4.90 Å². The molecule has 1 aromatic rings. The number of hydrogen-bond donors (Lipinski definition) is 0. The van der Waals surface area contributed by atoms with Gasteiger partial charge in [-0.15, -0.1) is 0 Å². The van der Waals surface area contributed by atoms with Crippen LogP contribution in [0.4, 0.5) is 8.78 Å². The van der Waals surface area contributed by atoms with Crippen LogP contribution in [0.3, 0.4) is 0 Å². The molecule has 0 fully saturated rings. The molecule has 94 valence electrons. The molecule has 5 heteroatoms. The number of benzene rings is 1. The van der Waals surface area contributed by atoms with Crippen LogP contribution in [0.2, 0.25) is 0 Å². The summed E-state index contributed by atoms with van der Waals surface area (Å²) in [4.78, 5) is 13.0. The molecule has 0 bridgehead atoms. The minimum atomic E-state index is -0.505. The monoisotopic (exact) mass is 305 g/mol. The van der Waals surface area contributed by atoms with Crippen molar-refractivity contribution in [3.8, 4) is 0 Å². The Morgan fingerprint density at radius 2 is 2.12 bits per heavy atom. The molecule has 0 spiro atoms. The quantitative estimate of drug-likeness (QED) is 0.782. The lowest BCUT2D eigenvalue weighted by Gasteiger charge is -2.25. The van der Waals surface area contributed by atoms with Crippen molar-refractivity contribution in [2.45, 2.75) is 19.4 Å². The molecule has 0 saturated heterocycles. The van der Waals surface area contributed by atoms with Gasteiger partial charge in [-0.1, -0.05) is 15.9 Å². The third kappa shape index (κ3) is 3.49. The number of hydrogen-bond acceptors (Lipinski definition) is 1. The number of alkyl halides is 1. The smallest absolute Gasteiger partial charge is 0.223 e. The number of rotatable bonds is 4. The van der Waals surface area contributed by atoms with Gasteiger partial charge in [-0.05, 0) is 25.1 Å². The second kappa shape index (κ2) is 6.10. The summed E-state index contributed by atoms with van der Waals surface area (Å²) in [5.41, 5.74) is 0.190. The van der Waals surface area contributed by atoms with Crippen LogP contribution in [0.25, 0.3) is 0 Å². The maximum atomic E-state index is 13.5. The van der Waals surface area contributed by atoms with Crippen molar-refractivity contribution >= 4 is 21.8 Å². The van der Waals surface area contributed by atoms with Crippen LogP contribution in [0.15, 0.2) is 18.2 Å². The molecule has 0 heterocycles. The van der Waals surface area contributed by atoms with E-state index in [2.05, 4.69) is 15.9 Å². The number of nitrogens with zero attached hydrogens (tertiary/aromatic N) is 1. The minimum absolute atomic E-state index is 0.113. The molecule has 0 saturated carbocycles. The second-order valence-electron chi connectivity index (χ2n) is 3.79. The van der Waals surface area contributed by atoms with Crippen molar-refractivity contribution in [1.82, 2.24) is 4.90 Å². The molecular weight excluding hydrogens is 292 g/mol. The summed E-state index contributed by atoms with van der Waals surface area (Å²) in [7, 11) is 1.58. The lowest BCUT2D eigenvalue weighted by Crippen LogP contribution is -2.30. The lowest BCUT2D eigenvalue weighted by atomic mass is 10.1. The normalized spacial score (nSPS) is 12.3. The fraction of sp³-hybridized carbons (Fsp3) is 0.417. The summed E-state index contributed by atoms with van der Waals surface area (Å²) >= 11 is 3.17. The Kier molecular flexibility index (Phi) is 5.05. The van der Waals surface area contributed by atoms with Crippen molar-refractivity contribution < 1.29 is 13.6 Å². The lowest BCUT2D eigenvalue weighted by molar-refractivity contribution is -0.131. The van der Waals surface area contributed by atoms with Crippen LogP contribution >= 0.6 is 15.9 Å². The molecular formula is C12H14BrF2NO. The summed E-state index contributed by atoms with van der Waals surface area (Å²) in [6.07, 6.45) is 0.331. The van der Waals surface area contributed by atoms with Gasteiger partial charge in [0.25, 0.3) is 0 Å². The zero-order valence-electron chi connectivity index (χ0n) is 9.71. The molecule has 0 N–H and O–H groups in total. The van der Waals surface area contributed by atoms with E-state index in [9.17, 15) is 13.6 Å². The third-order valence-corrected chi connectivity index (χ3v) is 3.09. The summed E-state index contributed by atoms with van der Waals surface area (Å²) in [6, 6.07) is 2.77. The molecule has 1 unspecified atom stereocenters. The Morgan fingerprint density at radius 3 is 2.71 bits per heavy atom.